The van der Waals surface area contributed by atoms with Crippen LogP contribution in [0.15, 0.2) is 0 Å². The summed E-state index contributed by atoms with van der Waals surface area (Å²) in [6, 6.07) is 0. The normalized spacial score (nSPS) is 17.3. The smallest absolute Gasteiger partial charge is 0.379 e. The maximum atomic E-state index is 10.5. The summed E-state index contributed by atoms with van der Waals surface area (Å²) >= 11 is 0. The molecule has 0 radical (unpaired) electrons. The number of aliphatic hydroxyl groups excluding tert-OH is 3. The Morgan fingerprint density at radius 1 is 1.24 bits per heavy atom. The molecule has 0 spiro atoms. The Hall–Kier alpha value is -0.705. The van der Waals surface area contributed by atoms with Gasteiger partial charge in [-0.3, -0.25) is 4.79 Å². The van der Waals surface area contributed by atoms with Crippen molar-refractivity contribution >= 4 is 13.3 Å². The number of carbonyl (C=O) groups excluding carboxylic acids is 1. The molecule has 0 fully saturated rings. The van der Waals surface area contributed by atoms with E-state index in [1.165, 1.54) is 7.11 Å². The Kier molecular flexibility index (Phi) is 10.6. The molecule has 0 aromatic rings. The minimum Gasteiger partial charge on any atom is -0.427 e. The highest BCUT2D eigenvalue weighted by Crippen LogP contribution is 2.11. The quantitative estimate of drug-likeness (QED) is 0.317. The lowest BCUT2D eigenvalue weighted by Gasteiger charge is -2.28. The molecule has 21 heavy (non-hydrogen) atoms. The van der Waals surface area contributed by atoms with E-state index in [9.17, 15) is 20.1 Å². The van der Waals surface area contributed by atoms with Crippen LogP contribution < -0.4 is 5.73 Å². The fourth-order valence-electron chi connectivity index (χ4n) is 1.62. The lowest BCUT2D eigenvalue weighted by atomic mass is 9.99. The van der Waals surface area contributed by atoms with Crippen LogP contribution in [-0.4, -0.2) is 79.5 Å². The fourth-order valence-corrected chi connectivity index (χ4v) is 1.62. The first-order valence-electron chi connectivity index (χ1n) is 6.84. The number of methoxy groups -OCH3 is 1. The summed E-state index contributed by atoms with van der Waals surface area (Å²) in [7, 11) is 1.01. The average molecular weight is 307 g/mol. The van der Waals surface area contributed by atoms with Crippen molar-refractivity contribution in [2.75, 3.05) is 20.3 Å². The molecule has 0 aromatic heterocycles. The van der Waals surface area contributed by atoms with Gasteiger partial charge in [-0.1, -0.05) is 0 Å². The highest BCUT2D eigenvalue weighted by atomic mass is 16.5. The summed E-state index contributed by atoms with van der Waals surface area (Å²) in [5.41, 5.74) is 4.91. The van der Waals surface area contributed by atoms with E-state index < -0.39 is 30.2 Å². The van der Waals surface area contributed by atoms with Crippen LogP contribution in [0, 0.1) is 0 Å². The maximum absolute atomic E-state index is 10.5. The highest BCUT2D eigenvalue weighted by Gasteiger charge is 2.31. The van der Waals surface area contributed by atoms with E-state index in [-0.39, 0.29) is 33.2 Å². The van der Waals surface area contributed by atoms with Gasteiger partial charge < -0.3 is 35.2 Å². The van der Waals surface area contributed by atoms with E-state index in [4.69, 9.17) is 19.9 Å². The second-order valence-electron chi connectivity index (χ2n) is 5.01. The lowest BCUT2D eigenvalue weighted by Crippen LogP contribution is -2.47. The topological polar surface area (TPSA) is 131 Å². The molecule has 5 N–H and O–H groups in total. The molecule has 1 amide bonds. The Bertz CT molecular complexity index is 293. The van der Waals surface area contributed by atoms with E-state index in [0.29, 0.717) is 0 Å². The van der Waals surface area contributed by atoms with Crippen LogP contribution >= 0.6 is 0 Å². The molecule has 0 saturated carbocycles. The first-order chi connectivity index (χ1) is 9.79. The van der Waals surface area contributed by atoms with Gasteiger partial charge in [0.05, 0.1) is 18.8 Å². The molecule has 0 rings (SSSR count). The van der Waals surface area contributed by atoms with Crippen molar-refractivity contribution in [1.82, 2.24) is 0 Å². The summed E-state index contributed by atoms with van der Waals surface area (Å²) < 4.78 is 15.2. The number of aliphatic hydroxyl groups is 3. The summed E-state index contributed by atoms with van der Waals surface area (Å²) in [6.45, 7) is 3.84. The lowest BCUT2D eigenvalue weighted by molar-refractivity contribution is -0.127. The van der Waals surface area contributed by atoms with Crippen molar-refractivity contribution < 1.29 is 34.2 Å². The largest absolute Gasteiger partial charge is 0.427 e. The van der Waals surface area contributed by atoms with Crippen molar-refractivity contribution in [1.29, 1.82) is 0 Å². The molecule has 9 heteroatoms. The van der Waals surface area contributed by atoms with Crippen molar-refractivity contribution in [3.05, 3.63) is 0 Å². The van der Waals surface area contributed by atoms with Crippen LogP contribution in [0.1, 0.15) is 20.3 Å². The molecule has 0 aliphatic heterocycles. The third kappa shape index (κ3) is 9.02. The Balaban J connectivity index is 4.22. The van der Waals surface area contributed by atoms with Crippen molar-refractivity contribution in [2.45, 2.75) is 50.8 Å². The van der Waals surface area contributed by atoms with Gasteiger partial charge in [0.15, 0.2) is 0 Å². The third-order valence-corrected chi connectivity index (χ3v) is 2.82. The molecule has 0 saturated heterocycles. The number of nitrogens with two attached hydrogens (primary N) is 1. The molecule has 3 unspecified atom stereocenters. The van der Waals surface area contributed by atoms with Crippen LogP contribution in [-0.2, 0) is 14.1 Å². The van der Waals surface area contributed by atoms with E-state index >= 15 is 0 Å². The molecular weight excluding hydrogens is 281 g/mol. The van der Waals surface area contributed by atoms with Gasteiger partial charge in [0.2, 0.25) is 5.81 Å². The second kappa shape index (κ2) is 10.9. The van der Waals surface area contributed by atoms with Crippen LogP contribution in [0.5, 0.6) is 0 Å². The van der Waals surface area contributed by atoms with Crippen LogP contribution in [0.3, 0.4) is 0 Å². The van der Waals surface area contributed by atoms with Crippen LogP contribution in [0.25, 0.3) is 0 Å². The number of amides is 1. The molecule has 124 valence electrons. The number of primary amides is 1. The van der Waals surface area contributed by atoms with Crippen LogP contribution in [0.2, 0.25) is 0 Å². The monoisotopic (exact) mass is 307 g/mol. The number of hydrogen-bond acceptors (Lipinski definition) is 7. The zero-order valence-corrected chi connectivity index (χ0v) is 12.8. The molecule has 0 aromatic carbocycles. The molecule has 8 nitrogen and oxygen atoms in total. The Morgan fingerprint density at radius 2 is 1.86 bits per heavy atom. The third-order valence-electron chi connectivity index (χ3n) is 2.82. The molecule has 0 aliphatic rings. The van der Waals surface area contributed by atoms with Gasteiger partial charge in [-0.2, -0.15) is 0 Å². The second-order valence-corrected chi connectivity index (χ2v) is 5.01. The van der Waals surface area contributed by atoms with Crippen molar-refractivity contribution in [3.8, 4) is 0 Å². The van der Waals surface area contributed by atoms with E-state index in [0.717, 1.165) is 0 Å². The van der Waals surface area contributed by atoms with Gasteiger partial charge in [0.1, 0.15) is 18.3 Å². The van der Waals surface area contributed by atoms with Gasteiger partial charge in [-0.25, -0.2) is 0 Å². The average Bonchev–Trinajstić information content (AvgIpc) is 2.41. The molecule has 0 heterocycles. The van der Waals surface area contributed by atoms with Gasteiger partial charge in [0, 0.05) is 13.7 Å². The first-order valence-corrected chi connectivity index (χ1v) is 6.84. The summed E-state index contributed by atoms with van der Waals surface area (Å²) in [6.07, 6.45) is -4.63. The minimum atomic E-state index is -1.41. The zero-order chi connectivity index (χ0) is 16.4. The van der Waals surface area contributed by atoms with E-state index in [2.05, 4.69) is 0 Å². The Morgan fingerprint density at radius 3 is 2.33 bits per heavy atom. The SMILES string of the molecule is COC(COBC(N)=O)C(O)C(O)[C@H](O)CCOC(C)C. The van der Waals surface area contributed by atoms with Gasteiger partial charge in [-0.15, -0.1) is 0 Å². The molecule has 0 bridgehead atoms. The molecule has 0 aliphatic carbocycles. The van der Waals surface area contributed by atoms with Gasteiger partial charge in [0.25, 0.3) is 0 Å². The predicted octanol–water partition coefficient (Wildman–Crippen LogP) is -1.65. The van der Waals surface area contributed by atoms with Gasteiger partial charge >= 0.3 is 7.48 Å². The standard InChI is InChI=1S/C12H26BNO7/c1-7(2)20-5-4-8(15)10(16)11(17)9(19-3)6-21-13-12(14)18/h7-11,13,15-17H,4-6H2,1-3H3,(H2,14,18)/t8-,9?,10?,11?/m1/s1. The summed E-state index contributed by atoms with van der Waals surface area (Å²) in [4.78, 5) is 10.5. The number of hydrogen-bond donors (Lipinski definition) is 4. The van der Waals surface area contributed by atoms with Gasteiger partial charge in [-0.05, 0) is 20.3 Å². The van der Waals surface area contributed by atoms with Crippen molar-refractivity contribution in [2.24, 2.45) is 5.73 Å². The molecule has 4 atom stereocenters. The number of rotatable bonds is 12. The maximum Gasteiger partial charge on any atom is 0.379 e. The summed E-state index contributed by atoms with van der Waals surface area (Å²) in [5, 5.41) is 29.6. The van der Waals surface area contributed by atoms with E-state index in [1.807, 2.05) is 13.8 Å². The zero-order valence-electron chi connectivity index (χ0n) is 12.8. The highest BCUT2D eigenvalue weighted by molar-refractivity contribution is 6.68. The number of ether oxygens (including phenoxy) is 2. The summed E-state index contributed by atoms with van der Waals surface area (Å²) in [5.74, 6) is -0.647. The predicted molar refractivity (Wildman–Crippen MR) is 77.2 cm³/mol. The minimum absolute atomic E-state index is 0.0215. The first kappa shape index (κ1) is 20.3. The van der Waals surface area contributed by atoms with Crippen molar-refractivity contribution in [3.63, 3.8) is 0 Å². The fraction of sp³-hybridized carbons (Fsp3) is 0.917. The number of carbonyl (C=O) groups is 1. The van der Waals surface area contributed by atoms with E-state index in [1.54, 1.807) is 0 Å². The van der Waals surface area contributed by atoms with Crippen LogP contribution in [0.4, 0.5) is 4.79 Å². The Labute approximate surface area is 125 Å². The molecular formula is C12H26BNO7.